The second-order valence-electron chi connectivity index (χ2n) is 5.04. The van der Waals surface area contributed by atoms with Crippen molar-refractivity contribution in [1.82, 2.24) is 4.90 Å². The number of ether oxygens (including phenoxy) is 1. The average Bonchev–Trinajstić information content (AvgIpc) is 2.43. The van der Waals surface area contributed by atoms with Crippen molar-refractivity contribution in [3.05, 3.63) is 35.1 Å². The van der Waals surface area contributed by atoms with Crippen LogP contribution in [-0.4, -0.2) is 41.8 Å². The number of hydrogen-bond acceptors (Lipinski definition) is 3. The van der Waals surface area contributed by atoms with E-state index in [9.17, 15) is 9.18 Å². The van der Waals surface area contributed by atoms with Gasteiger partial charge in [-0.1, -0.05) is 6.07 Å². The molecule has 1 N–H and O–H groups in total. The molecule has 0 aliphatic carbocycles. The normalized spacial score (nSPS) is 17.3. The lowest BCUT2D eigenvalue weighted by Crippen LogP contribution is -2.36. The molecule has 1 aliphatic heterocycles. The summed E-state index contributed by atoms with van der Waals surface area (Å²) >= 11 is 0. The smallest absolute Gasteiger partial charge is 0.336 e. The molecule has 4 nitrogen and oxygen atoms in total. The van der Waals surface area contributed by atoms with E-state index in [1.165, 1.54) is 6.07 Å². The molecule has 0 radical (unpaired) electrons. The predicted octanol–water partition coefficient (Wildman–Crippen LogP) is 2.52. The van der Waals surface area contributed by atoms with Crippen molar-refractivity contribution in [1.29, 1.82) is 0 Å². The molecule has 1 saturated heterocycles. The van der Waals surface area contributed by atoms with E-state index in [1.54, 1.807) is 6.07 Å². The van der Waals surface area contributed by atoms with Crippen LogP contribution in [0.1, 0.15) is 35.7 Å². The Morgan fingerprint density at radius 1 is 1.45 bits per heavy atom. The van der Waals surface area contributed by atoms with Gasteiger partial charge >= 0.3 is 5.97 Å². The fourth-order valence-electron chi connectivity index (χ4n) is 2.60. The summed E-state index contributed by atoms with van der Waals surface area (Å²) in [5.74, 6) is -1.59. The minimum Gasteiger partial charge on any atom is -0.478 e. The third kappa shape index (κ3) is 3.77. The maximum Gasteiger partial charge on any atom is 0.336 e. The number of aromatic carboxylic acids is 1. The van der Waals surface area contributed by atoms with Crippen molar-refractivity contribution in [2.45, 2.75) is 32.4 Å². The summed E-state index contributed by atoms with van der Waals surface area (Å²) in [5.41, 5.74) is 0.714. The standard InChI is InChI=1S/C15H20FNO3/c1-2-20-13-5-7-17(8-6-13)10-11-3-4-12(16)9-14(11)15(18)19/h3-4,9,13H,2,5-8,10H2,1H3,(H,18,19). The summed E-state index contributed by atoms with van der Waals surface area (Å²) in [6, 6.07) is 3.97. The first-order chi connectivity index (χ1) is 9.60. The maximum absolute atomic E-state index is 13.1. The van der Waals surface area contributed by atoms with Crippen molar-refractivity contribution >= 4 is 5.97 Å². The van der Waals surface area contributed by atoms with Gasteiger partial charge in [-0.15, -0.1) is 0 Å². The van der Waals surface area contributed by atoms with Gasteiger partial charge in [0.1, 0.15) is 5.82 Å². The molecule has 0 atom stereocenters. The van der Waals surface area contributed by atoms with Crippen LogP contribution in [0.4, 0.5) is 4.39 Å². The van der Waals surface area contributed by atoms with Crippen LogP contribution in [-0.2, 0) is 11.3 Å². The van der Waals surface area contributed by atoms with Crippen LogP contribution in [0.3, 0.4) is 0 Å². The second-order valence-corrected chi connectivity index (χ2v) is 5.04. The summed E-state index contributed by atoms with van der Waals surface area (Å²) in [6.45, 7) is 5.01. The molecular weight excluding hydrogens is 261 g/mol. The third-order valence-electron chi connectivity index (χ3n) is 3.63. The zero-order valence-corrected chi connectivity index (χ0v) is 11.6. The van der Waals surface area contributed by atoms with E-state index in [1.807, 2.05) is 6.92 Å². The molecule has 20 heavy (non-hydrogen) atoms. The van der Waals surface area contributed by atoms with Gasteiger partial charge in [-0.05, 0) is 37.5 Å². The van der Waals surface area contributed by atoms with Crippen molar-refractivity contribution < 1.29 is 19.0 Å². The van der Waals surface area contributed by atoms with Gasteiger partial charge in [0, 0.05) is 26.2 Å². The van der Waals surface area contributed by atoms with Crippen LogP contribution in [0.15, 0.2) is 18.2 Å². The molecule has 1 heterocycles. The quantitative estimate of drug-likeness (QED) is 0.901. The van der Waals surface area contributed by atoms with E-state index in [-0.39, 0.29) is 5.56 Å². The fraction of sp³-hybridized carbons (Fsp3) is 0.533. The number of hydrogen-bond donors (Lipinski definition) is 1. The van der Waals surface area contributed by atoms with Crippen molar-refractivity contribution in [2.24, 2.45) is 0 Å². The first kappa shape index (κ1) is 14.9. The SMILES string of the molecule is CCOC1CCN(Cc2ccc(F)cc2C(=O)O)CC1. The Labute approximate surface area is 118 Å². The Balaban J connectivity index is 1.99. The largest absolute Gasteiger partial charge is 0.478 e. The summed E-state index contributed by atoms with van der Waals surface area (Å²) in [7, 11) is 0. The molecule has 0 spiro atoms. The van der Waals surface area contributed by atoms with Crippen LogP contribution in [0.25, 0.3) is 0 Å². The minimum absolute atomic E-state index is 0.0527. The lowest BCUT2D eigenvalue weighted by molar-refractivity contribution is 0.0124. The highest BCUT2D eigenvalue weighted by atomic mass is 19.1. The molecule has 0 aromatic heterocycles. The highest BCUT2D eigenvalue weighted by Gasteiger charge is 2.21. The summed E-state index contributed by atoms with van der Waals surface area (Å²) in [5, 5.41) is 9.13. The first-order valence-corrected chi connectivity index (χ1v) is 6.95. The Bertz CT molecular complexity index is 470. The topological polar surface area (TPSA) is 49.8 Å². The number of piperidine rings is 1. The molecule has 1 aromatic carbocycles. The molecule has 5 heteroatoms. The van der Waals surface area contributed by atoms with Gasteiger partial charge < -0.3 is 9.84 Å². The molecule has 0 saturated carbocycles. The van der Waals surface area contributed by atoms with Crippen molar-refractivity contribution in [2.75, 3.05) is 19.7 Å². The van der Waals surface area contributed by atoms with E-state index >= 15 is 0 Å². The Morgan fingerprint density at radius 2 is 2.15 bits per heavy atom. The van der Waals surface area contributed by atoms with E-state index in [0.717, 1.165) is 38.6 Å². The van der Waals surface area contributed by atoms with Gasteiger partial charge in [0.05, 0.1) is 11.7 Å². The number of nitrogens with zero attached hydrogens (tertiary/aromatic N) is 1. The van der Waals surface area contributed by atoms with Crippen LogP contribution >= 0.6 is 0 Å². The minimum atomic E-state index is -1.08. The summed E-state index contributed by atoms with van der Waals surface area (Å²) < 4.78 is 18.7. The average molecular weight is 281 g/mol. The fourth-order valence-corrected chi connectivity index (χ4v) is 2.60. The third-order valence-corrected chi connectivity index (χ3v) is 3.63. The van der Waals surface area contributed by atoms with Gasteiger partial charge in [-0.25, -0.2) is 9.18 Å². The van der Waals surface area contributed by atoms with Crippen LogP contribution in [0.2, 0.25) is 0 Å². The summed E-state index contributed by atoms with van der Waals surface area (Å²) in [4.78, 5) is 13.3. The summed E-state index contributed by atoms with van der Waals surface area (Å²) in [6.07, 6.45) is 2.22. The van der Waals surface area contributed by atoms with E-state index in [0.29, 0.717) is 18.2 Å². The Hall–Kier alpha value is -1.46. The van der Waals surface area contributed by atoms with Gasteiger partial charge in [-0.3, -0.25) is 4.90 Å². The number of carboxylic acid groups (broad SMARTS) is 1. The molecule has 0 unspecified atom stereocenters. The molecule has 0 amide bonds. The Kier molecular flexibility index (Phi) is 5.09. The number of halogens is 1. The van der Waals surface area contributed by atoms with Crippen LogP contribution in [0.5, 0.6) is 0 Å². The molecule has 1 fully saturated rings. The van der Waals surface area contributed by atoms with Crippen LogP contribution in [0, 0.1) is 5.82 Å². The van der Waals surface area contributed by atoms with E-state index < -0.39 is 11.8 Å². The number of rotatable bonds is 5. The molecule has 1 aliphatic rings. The van der Waals surface area contributed by atoms with Gasteiger partial charge in [0.2, 0.25) is 0 Å². The van der Waals surface area contributed by atoms with Gasteiger partial charge in [0.15, 0.2) is 0 Å². The Morgan fingerprint density at radius 3 is 2.75 bits per heavy atom. The lowest BCUT2D eigenvalue weighted by Gasteiger charge is -2.32. The highest BCUT2D eigenvalue weighted by Crippen LogP contribution is 2.19. The zero-order chi connectivity index (χ0) is 14.5. The molecule has 0 bridgehead atoms. The lowest BCUT2D eigenvalue weighted by atomic mass is 10.0. The zero-order valence-electron chi connectivity index (χ0n) is 11.6. The van der Waals surface area contributed by atoms with E-state index in [4.69, 9.17) is 9.84 Å². The number of likely N-dealkylation sites (tertiary alicyclic amines) is 1. The highest BCUT2D eigenvalue weighted by molar-refractivity contribution is 5.89. The number of carbonyl (C=O) groups is 1. The maximum atomic E-state index is 13.1. The molecule has 2 rings (SSSR count). The molecular formula is C15H20FNO3. The molecule has 110 valence electrons. The monoisotopic (exact) mass is 281 g/mol. The van der Waals surface area contributed by atoms with Gasteiger partial charge in [0.25, 0.3) is 0 Å². The van der Waals surface area contributed by atoms with Gasteiger partial charge in [-0.2, -0.15) is 0 Å². The van der Waals surface area contributed by atoms with Crippen molar-refractivity contribution in [3.8, 4) is 0 Å². The second kappa shape index (κ2) is 6.81. The first-order valence-electron chi connectivity index (χ1n) is 6.95. The van der Waals surface area contributed by atoms with Crippen molar-refractivity contribution in [3.63, 3.8) is 0 Å². The van der Waals surface area contributed by atoms with E-state index in [2.05, 4.69) is 4.90 Å². The number of carboxylic acids is 1. The van der Waals surface area contributed by atoms with Crippen LogP contribution < -0.4 is 0 Å². The number of benzene rings is 1. The predicted molar refractivity (Wildman–Crippen MR) is 73.3 cm³/mol. The molecule has 1 aromatic rings.